The van der Waals surface area contributed by atoms with Gasteiger partial charge in [-0.15, -0.1) is 0 Å². The van der Waals surface area contributed by atoms with Gasteiger partial charge in [0.1, 0.15) is 0 Å². The zero-order chi connectivity index (χ0) is 18.7. The minimum absolute atomic E-state index is 0.139. The third-order valence-electron chi connectivity index (χ3n) is 4.24. The lowest BCUT2D eigenvalue weighted by Crippen LogP contribution is -2.24. The summed E-state index contributed by atoms with van der Waals surface area (Å²) < 4.78 is 3.72. The second-order valence-electron chi connectivity index (χ2n) is 6.22. The van der Waals surface area contributed by atoms with Crippen LogP contribution >= 0.6 is 11.6 Å². The largest absolute Gasteiger partial charge is 0.346 e. The Balaban J connectivity index is 1.70. The summed E-state index contributed by atoms with van der Waals surface area (Å²) in [7, 11) is 0. The summed E-state index contributed by atoms with van der Waals surface area (Å²) in [6.45, 7) is 7.66. The number of carbonyl (C=O) groups excluding carboxylic acids is 1. The maximum Gasteiger partial charge on any atom is 0.251 e. The number of amides is 1. The molecule has 2 heterocycles. The standard InChI is InChI=1S/C19H22ClN5O/c1-4-24-18(17(20)10-22-24)11-21-19(26)16-7-5-6-15(9-16)12-25-14(3)8-13(2)23-25/h5-10H,4,11-12H2,1-3H3,(H,21,26). The molecule has 136 valence electrons. The highest BCUT2D eigenvalue weighted by Crippen LogP contribution is 2.15. The summed E-state index contributed by atoms with van der Waals surface area (Å²) >= 11 is 6.14. The van der Waals surface area contributed by atoms with E-state index in [1.54, 1.807) is 16.9 Å². The highest BCUT2D eigenvalue weighted by atomic mass is 35.5. The monoisotopic (exact) mass is 371 g/mol. The Morgan fingerprint density at radius 2 is 2.04 bits per heavy atom. The third-order valence-corrected chi connectivity index (χ3v) is 4.55. The van der Waals surface area contributed by atoms with Gasteiger partial charge >= 0.3 is 0 Å². The highest BCUT2D eigenvalue weighted by Gasteiger charge is 2.12. The Hall–Kier alpha value is -2.60. The molecule has 0 saturated heterocycles. The predicted octanol–water partition coefficient (Wildman–Crippen LogP) is 3.35. The van der Waals surface area contributed by atoms with Crippen LogP contribution in [0.25, 0.3) is 0 Å². The molecule has 6 nitrogen and oxygen atoms in total. The molecular weight excluding hydrogens is 350 g/mol. The van der Waals surface area contributed by atoms with Crippen LogP contribution in [0.1, 0.15) is 39.9 Å². The molecule has 2 aromatic heterocycles. The van der Waals surface area contributed by atoms with Crippen molar-refractivity contribution in [2.24, 2.45) is 0 Å². The molecule has 1 N–H and O–H groups in total. The fourth-order valence-electron chi connectivity index (χ4n) is 2.92. The first-order valence-corrected chi connectivity index (χ1v) is 8.94. The van der Waals surface area contributed by atoms with Gasteiger partial charge in [-0.05, 0) is 44.5 Å². The quantitative estimate of drug-likeness (QED) is 0.722. The molecule has 0 atom stereocenters. The lowest BCUT2D eigenvalue weighted by atomic mass is 10.1. The molecule has 0 fully saturated rings. The first kappa shape index (κ1) is 18.2. The van der Waals surface area contributed by atoms with Crippen LogP contribution in [-0.2, 0) is 19.6 Å². The second kappa shape index (κ2) is 7.74. The predicted molar refractivity (Wildman–Crippen MR) is 101 cm³/mol. The zero-order valence-electron chi connectivity index (χ0n) is 15.2. The Morgan fingerprint density at radius 3 is 2.73 bits per heavy atom. The van der Waals surface area contributed by atoms with Crippen molar-refractivity contribution in [1.82, 2.24) is 24.9 Å². The van der Waals surface area contributed by atoms with E-state index in [9.17, 15) is 4.79 Å². The summed E-state index contributed by atoms with van der Waals surface area (Å²) in [6.07, 6.45) is 1.60. The van der Waals surface area contributed by atoms with Gasteiger partial charge in [-0.1, -0.05) is 23.7 Å². The number of nitrogens with one attached hydrogen (secondary N) is 1. The molecule has 0 unspecified atom stereocenters. The topological polar surface area (TPSA) is 64.7 Å². The summed E-state index contributed by atoms with van der Waals surface area (Å²) in [5.74, 6) is -0.139. The minimum Gasteiger partial charge on any atom is -0.346 e. The number of aryl methyl sites for hydroxylation is 3. The van der Waals surface area contributed by atoms with E-state index in [4.69, 9.17) is 11.6 Å². The number of rotatable bonds is 6. The van der Waals surface area contributed by atoms with Crippen LogP contribution in [0.4, 0.5) is 0 Å². The zero-order valence-corrected chi connectivity index (χ0v) is 15.9. The van der Waals surface area contributed by atoms with Gasteiger partial charge in [-0.25, -0.2) is 0 Å². The number of hydrogen-bond acceptors (Lipinski definition) is 3. The molecule has 0 aliphatic carbocycles. The van der Waals surface area contributed by atoms with E-state index in [0.717, 1.165) is 22.6 Å². The van der Waals surface area contributed by atoms with Crippen LogP contribution in [0.15, 0.2) is 36.5 Å². The summed E-state index contributed by atoms with van der Waals surface area (Å²) in [5, 5.41) is 12.1. The summed E-state index contributed by atoms with van der Waals surface area (Å²) in [6, 6.07) is 9.62. The smallest absolute Gasteiger partial charge is 0.251 e. The Morgan fingerprint density at radius 1 is 1.23 bits per heavy atom. The molecule has 0 aliphatic heterocycles. The van der Waals surface area contributed by atoms with Crippen LogP contribution in [0.5, 0.6) is 0 Å². The van der Waals surface area contributed by atoms with Crippen LogP contribution in [0.2, 0.25) is 5.02 Å². The van der Waals surface area contributed by atoms with Gasteiger partial charge in [0.15, 0.2) is 0 Å². The summed E-state index contributed by atoms with van der Waals surface area (Å²) in [5.41, 5.74) is 4.53. The van der Waals surface area contributed by atoms with Crippen molar-refractivity contribution in [1.29, 1.82) is 0 Å². The van der Waals surface area contributed by atoms with Crippen molar-refractivity contribution >= 4 is 17.5 Å². The number of halogens is 1. The van der Waals surface area contributed by atoms with E-state index in [0.29, 0.717) is 30.2 Å². The van der Waals surface area contributed by atoms with Crippen molar-refractivity contribution in [3.63, 3.8) is 0 Å². The molecule has 3 aromatic rings. The maximum atomic E-state index is 12.5. The molecular formula is C19H22ClN5O. The van der Waals surface area contributed by atoms with Gasteiger partial charge in [0.25, 0.3) is 5.91 Å². The van der Waals surface area contributed by atoms with E-state index in [1.165, 1.54) is 0 Å². The lowest BCUT2D eigenvalue weighted by Gasteiger charge is -2.09. The maximum absolute atomic E-state index is 12.5. The molecule has 1 aromatic carbocycles. The molecule has 3 rings (SSSR count). The Labute approximate surface area is 157 Å². The number of hydrogen-bond donors (Lipinski definition) is 1. The molecule has 26 heavy (non-hydrogen) atoms. The van der Waals surface area contributed by atoms with Crippen molar-refractivity contribution < 1.29 is 4.79 Å². The van der Waals surface area contributed by atoms with E-state index in [-0.39, 0.29) is 5.91 Å². The fraction of sp³-hybridized carbons (Fsp3) is 0.316. The van der Waals surface area contributed by atoms with E-state index in [2.05, 4.69) is 15.5 Å². The molecule has 0 aliphatic rings. The van der Waals surface area contributed by atoms with Crippen molar-refractivity contribution in [2.45, 2.75) is 40.4 Å². The van der Waals surface area contributed by atoms with Crippen LogP contribution in [0, 0.1) is 13.8 Å². The summed E-state index contributed by atoms with van der Waals surface area (Å²) in [4.78, 5) is 12.5. The average Bonchev–Trinajstić information content (AvgIpc) is 3.14. The second-order valence-corrected chi connectivity index (χ2v) is 6.63. The molecule has 0 spiro atoms. The molecule has 0 saturated carbocycles. The van der Waals surface area contributed by atoms with Gasteiger partial charge in [0.05, 0.1) is 35.7 Å². The van der Waals surface area contributed by atoms with Crippen LogP contribution in [-0.4, -0.2) is 25.5 Å². The molecule has 7 heteroatoms. The number of carbonyl (C=O) groups is 1. The Kier molecular flexibility index (Phi) is 5.42. The number of nitrogens with zero attached hydrogens (tertiary/aromatic N) is 4. The molecule has 1 amide bonds. The van der Waals surface area contributed by atoms with E-state index >= 15 is 0 Å². The van der Waals surface area contributed by atoms with Gasteiger partial charge in [-0.2, -0.15) is 10.2 Å². The highest BCUT2D eigenvalue weighted by molar-refractivity contribution is 6.31. The first-order chi connectivity index (χ1) is 12.5. The molecule has 0 bridgehead atoms. The Bertz CT molecular complexity index is 928. The van der Waals surface area contributed by atoms with Gasteiger partial charge < -0.3 is 5.32 Å². The minimum atomic E-state index is -0.139. The SMILES string of the molecule is CCn1ncc(Cl)c1CNC(=O)c1cccc(Cn2nc(C)cc2C)c1. The lowest BCUT2D eigenvalue weighted by molar-refractivity contribution is 0.0950. The van der Waals surface area contributed by atoms with E-state index in [1.807, 2.05) is 49.7 Å². The third kappa shape index (κ3) is 3.96. The van der Waals surface area contributed by atoms with Crippen LogP contribution < -0.4 is 5.32 Å². The van der Waals surface area contributed by atoms with Crippen molar-refractivity contribution in [2.75, 3.05) is 0 Å². The van der Waals surface area contributed by atoms with Gasteiger partial charge in [0.2, 0.25) is 0 Å². The number of aromatic nitrogens is 4. The number of benzene rings is 1. The van der Waals surface area contributed by atoms with Gasteiger partial charge in [-0.3, -0.25) is 14.2 Å². The average molecular weight is 372 g/mol. The van der Waals surface area contributed by atoms with Crippen LogP contribution in [0.3, 0.4) is 0 Å². The van der Waals surface area contributed by atoms with Crippen molar-refractivity contribution in [3.05, 3.63) is 69.8 Å². The van der Waals surface area contributed by atoms with E-state index < -0.39 is 0 Å². The normalized spacial score (nSPS) is 10.9. The van der Waals surface area contributed by atoms with Gasteiger partial charge in [0, 0.05) is 17.8 Å². The van der Waals surface area contributed by atoms with Crippen molar-refractivity contribution in [3.8, 4) is 0 Å². The molecule has 0 radical (unpaired) electrons. The first-order valence-electron chi connectivity index (χ1n) is 8.56. The fourth-order valence-corrected chi connectivity index (χ4v) is 3.13.